The maximum Gasteiger partial charge on any atom is 0.306 e. The molecule has 0 heterocycles. The fraction of sp³-hybridized carbons (Fsp3) is 0.473. The molecule has 0 saturated carbocycles. The summed E-state index contributed by atoms with van der Waals surface area (Å²) in [6.07, 6.45) is 69.5. The Bertz CT molecular complexity index is 1470. The number of unbranched alkanes of at least 4 members (excludes halogenated alkanes) is 7. The van der Waals surface area contributed by atoms with Crippen molar-refractivity contribution in [3.8, 4) is 0 Å². The number of rotatable bonds is 38. The Labute approximate surface area is 371 Å². The minimum Gasteiger partial charge on any atom is -0.462 e. The van der Waals surface area contributed by atoms with Gasteiger partial charge >= 0.3 is 17.9 Å². The van der Waals surface area contributed by atoms with Crippen LogP contribution in [-0.4, -0.2) is 37.2 Å². The minimum atomic E-state index is -0.844. The molecule has 0 bridgehead atoms. The van der Waals surface area contributed by atoms with Gasteiger partial charge in [-0.05, 0) is 96.3 Å². The average Bonchev–Trinajstić information content (AvgIpc) is 3.26. The number of hydrogen-bond acceptors (Lipinski definition) is 6. The molecule has 0 N–H and O–H groups in total. The number of carbonyl (C=O) groups is 3. The summed E-state index contributed by atoms with van der Waals surface area (Å²) < 4.78 is 16.6. The molecule has 0 aliphatic heterocycles. The number of ether oxygens (including phenoxy) is 3. The summed E-state index contributed by atoms with van der Waals surface area (Å²) in [4.78, 5) is 37.8. The summed E-state index contributed by atoms with van der Waals surface area (Å²) in [5.74, 6) is -1.10. The van der Waals surface area contributed by atoms with Crippen LogP contribution in [0.25, 0.3) is 0 Å². The number of allylic oxidation sites excluding steroid dienone is 26. The zero-order valence-corrected chi connectivity index (χ0v) is 38.1. The normalized spacial score (nSPS) is 13.6. The van der Waals surface area contributed by atoms with E-state index in [1.165, 1.54) is 0 Å². The summed E-state index contributed by atoms with van der Waals surface area (Å²) >= 11 is 0. The molecule has 336 valence electrons. The van der Waals surface area contributed by atoms with Gasteiger partial charge in [0, 0.05) is 19.3 Å². The molecular formula is C55H80O6. The molecule has 1 atom stereocenters. The van der Waals surface area contributed by atoms with Crippen molar-refractivity contribution in [1.29, 1.82) is 0 Å². The van der Waals surface area contributed by atoms with E-state index in [9.17, 15) is 14.4 Å². The van der Waals surface area contributed by atoms with E-state index in [-0.39, 0.29) is 50.4 Å². The fourth-order valence-corrected chi connectivity index (χ4v) is 5.32. The van der Waals surface area contributed by atoms with Gasteiger partial charge in [0.1, 0.15) is 13.2 Å². The third-order valence-corrected chi connectivity index (χ3v) is 8.70. The van der Waals surface area contributed by atoms with E-state index in [1.807, 2.05) is 72.9 Å². The standard InChI is InChI=1S/C55H80O6/c1-4-7-10-13-16-19-22-25-26-27-28-31-33-36-39-42-45-48-54(57)60-51-52(61-55(58)49-46-43-40-37-34-30-24-21-18-15-12-9-6-3)50-59-53(56)47-44-41-38-35-32-29-23-20-17-14-11-8-5-2/h7-12,14-21,23-26,28-32,34,36,39,52H,4-6,13,22,27,33,35,37-38,40-51H2,1-3H3/b10-7+,11-8+,12-9+,17-14+,18-15+,19-16+,23-20+,24-21+,26-25+,31-28+,32-29+,34-30+,39-36+. The van der Waals surface area contributed by atoms with E-state index in [0.29, 0.717) is 19.3 Å². The summed E-state index contributed by atoms with van der Waals surface area (Å²) in [5, 5.41) is 0. The summed E-state index contributed by atoms with van der Waals surface area (Å²) in [6.45, 7) is 6.07. The lowest BCUT2D eigenvalue weighted by Gasteiger charge is -2.18. The Balaban J connectivity index is 4.65. The Morgan fingerprint density at radius 1 is 0.344 bits per heavy atom. The van der Waals surface area contributed by atoms with Crippen molar-refractivity contribution in [2.75, 3.05) is 13.2 Å². The van der Waals surface area contributed by atoms with Gasteiger partial charge in [0.2, 0.25) is 0 Å². The smallest absolute Gasteiger partial charge is 0.306 e. The van der Waals surface area contributed by atoms with Gasteiger partial charge in [-0.1, -0.05) is 192 Å². The molecule has 0 radical (unpaired) electrons. The van der Waals surface area contributed by atoms with E-state index < -0.39 is 6.10 Å². The van der Waals surface area contributed by atoms with Crippen LogP contribution in [0, 0.1) is 0 Å². The predicted molar refractivity (Wildman–Crippen MR) is 260 cm³/mol. The third kappa shape index (κ3) is 46.0. The predicted octanol–water partition coefficient (Wildman–Crippen LogP) is 15.1. The molecule has 6 nitrogen and oxygen atoms in total. The maximum absolute atomic E-state index is 12.7. The fourth-order valence-electron chi connectivity index (χ4n) is 5.32. The van der Waals surface area contributed by atoms with Crippen LogP contribution in [0.4, 0.5) is 0 Å². The minimum absolute atomic E-state index is 0.141. The third-order valence-electron chi connectivity index (χ3n) is 8.70. The van der Waals surface area contributed by atoms with Crippen molar-refractivity contribution >= 4 is 17.9 Å². The topological polar surface area (TPSA) is 78.9 Å². The highest BCUT2D eigenvalue weighted by molar-refractivity contribution is 5.71. The largest absolute Gasteiger partial charge is 0.462 e. The van der Waals surface area contributed by atoms with Crippen LogP contribution in [0.5, 0.6) is 0 Å². The first-order chi connectivity index (χ1) is 30.0. The first-order valence-corrected chi connectivity index (χ1v) is 23.1. The lowest BCUT2D eigenvalue weighted by atomic mass is 10.1. The van der Waals surface area contributed by atoms with Gasteiger partial charge in [-0.15, -0.1) is 0 Å². The van der Waals surface area contributed by atoms with Crippen molar-refractivity contribution in [2.24, 2.45) is 0 Å². The lowest BCUT2D eigenvalue weighted by Crippen LogP contribution is -2.30. The summed E-state index contributed by atoms with van der Waals surface area (Å²) in [7, 11) is 0. The molecule has 1 unspecified atom stereocenters. The van der Waals surface area contributed by atoms with Crippen LogP contribution in [0.3, 0.4) is 0 Å². The highest BCUT2D eigenvalue weighted by atomic mass is 16.6. The lowest BCUT2D eigenvalue weighted by molar-refractivity contribution is -0.167. The second-order valence-corrected chi connectivity index (χ2v) is 14.3. The van der Waals surface area contributed by atoms with E-state index in [1.54, 1.807) is 0 Å². The van der Waals surface area contributed by atoms with Crippen molar-refractivity contribution in [3.63, 3.8) is 0 Å². The highest BCUT2D eigenvalue weighted by Crippen LogP contribution is 2.10. The Hall–Kier alpha value is -4.97. The SMILES string of the molecule is CC/C=C/C=C/C=C/C=C/CCCCCC(=O)OCC(COC(=O)CCC/C=C/C/C=C/C/C=C/C/C=C/C/C=C/CC)OC(=O)CCCCC/C=C/C=C/C=C/C=C/CC. The molecule has 61 heavy (non-hydrogen) atoms. The van der Waals surface area contributed by atoms with Crippen LogP contribution in [0.1, 0.15) is 149 Å². The van der Waals surface area contributed by atoms with Crippen molar-refractivity contribution in [1.82, 2.24) is 0 Å². The molecule has 0 spiro atoms. The van der Waals surface area contributed by atoms with Gasteiger partial charge in [0.25, 0.3) is 0 Å². The second kappa shape index (κ2) is 47.7. The van der Waals surface area contributed by atoms with Crippen molar-refractivity contribution in [2.45, 2.75) is 155 Å². The molecule has 0 aromatic carbocycles. The molecule has 0 aromatic rings. The highest BCUT2D eigenvalue weighted by Gasteiger charge is 2.19. The number of carbonyl (C=O) groups excluding carboxylic acids is 3. The summed E-state index contributed by atoms with van der Waals surface area (Å²) in [6, 6.07) is 0. The van der Waals surface area contributed by atoms with Crippen LogP contribution in [-0.2, 0) is 28.6 Å². The first kappa shape index (κ1) is 56.0. The van der Waals surface area contributed by atoms with E-state index in [2.05, 4.69) is 106 Å². The molecule has 0 amide bonds. The van der Waals surface area contributed by atoms with Gasteiger partial charge in [-0.25, -0.2) is 0 Å². The van der Waals surface area contributed by atoms with E-state index in [0.717, 1.165) is 89.9 Å². The number of esters is 3. The quantitative estimate of drug-likeness (QED) is 0.0203. The van der Waals surface area contributed by atoms with E-state index in [4.69, 9.17) is 14.2 Å². The van der Waals surface area contributed by atoms with E-state index >= 15 is 0 Å². The monoisotopic (exact) mass is 837 g/mol. The zero-order valence-electron chi connectivity index (χ0n) is 38.1. The van der Waals surface area contributed by atoms with Crippen molar-refractivity contribution < 1.29 is 28.6 Å². The second-order valence-electron chi connectivity index (χ2n) is 14.3. The van der Waals surface area contributed by atoms with Gasteiger partial charge < -0.3 is 14.2 Å². The van der Waals surface area contributed by atoms with Crippen LogP contribution >= 0.6 is 0 Å². The molecule has 0 aromatic heterocycles. The van der Waals surface area contributed by atoms with Crippen LogP contribution in [0.15, 0.2) is 158 Å². The maximum atomic E-state index is 12.7. The Morgan fingerprint density at radius 3 is 1.13 bits per heavy atom. The Morgan fingerprint density at radius 2 is 0.689 bits per heavy atom. The molecule has 0 saturated heterocycles. The zero-order chi connectivity index (χ0) is 44.4. The van der Waals surface area contributed by atoms with Crippen molar-refractivity contribution in [3.05, 3.63) is 158 Å². The molecule has 0 aliphatic carbocycles. The van der Waals surface area contributed by atoms with Gasteiger partial charge in [0.05, 0.1) is 0 Å². The molecule has 0 rings (SSSR count). The molecular weight excluding hydrogens is 757 g/mol. The van der Waals surface area contributed by atoms with Gasteiger partial charge in [0.15, 0.2) is 6.10 Å². The first-order valence-electron chi connectivity index (χ1n) is 23.1. The molecule has 0 aliphatic rings. The average molecular weight is 837 g/mol. The number of hydrogen-bond donors (Lipinski definition) is 0. The molecule has 0 fully saturated rings. The molecule has 6 heteroatoms. The van der Waals surface area contributed by atoms with Gasteiger partial charge in [-0.3, -0.25) is 14.4 Å². The van der Waals surface area contributed by atoms with Gasteiger partial charge in [-0.2, -0.15) is 0 Å². The van der Waals surface area contributed by atoms with Crippen LogP contribution in [0.2, 0.25) is 0 Å². The summed E-state index contributed by atoms with van der Waals surface area (Å²) in [5.41, 5.74) is 0. The van der Waals surface area contributed by atoms with Crippen LogP contribution < -0.4 is 0 Å². The Kier molecular flexibility index (Phi) is 43.8.